The van der Waals surface area contributed by atoms with E-state index in [4.69, 9.17) is 0 Å². The van der Waals surface area contributed by atoms with Crippen LogP contribution in [0.3, 0.4) is 0 Å². The third-order valence-corrected chi connectivity index (χ3v) is 4.81. The molecule has 0 aliphatic heterocycles. The van der Waals surface area contributed by atoms with E-state index in [2.05, 4.69) is 62.9 Å². The lowest BCUT2D eigenvalue weighted by atomic mass is 10.3. The molecule has 88 valence electrons. The van der Waals surface area contributed by atoms with Crippen molar-refractivity contribution in [3.8, 4) is 0 Å². The summed E-state index contributed by atoms with van der Waals surface area (Å²) in [7, 11) is 0. The molecule has 17 heavy (non-hydrogen) atoms. The van der Waals surface area contributed by atoms with Crippen molar-refractivity contribution in [2.24, 2.45) is 0 Å². The van der Waals surface area contributed by atoms with Crippen molar-refractivity contribution >= 4 is 46.3 Å². The number of hydrogen-bond donors (Lipinski definition) is 1. The van der Waals surface area contributed by atoms with Gasteiger partial charge in [0.05, 0.1) is 0 Å². The molecule has 0 fully saturated rings. The molecule has 2 rings (SSSR count). The van der Waals surface area contributed by atoms with Crippen LogP contribution in [-0.4, -0.2) is 0 Å². The molecular formula is C14H14S3. The summed E-state index contributed by atoms with van der Waals surface area (Å²) in [6, 6.07) is 8.51. The number of aryl methyl sites for hydroxylation is 2. The number of hydrogen-bond acceptors (Lipinski definition) is 3. The van der Waals surface area contributed by atoms with E-state index in [0.717, 1.165) is 4.91 Å². The van der Waals surface area contributed by atoms with Gasteiger partial charge in [0.25, 0.3) is 0 Å². The van der Waals surface area contributed by atoms with E-state index in [1.807, 2.05) is 6.08 Å². The summed E-state index contributed by atoms with van der Waals surface area (Å²) in [4.78, 5) is 6.18. The smallest absolute Gasteiger partial charge is 0.0406 e. The molecule has 0 aromatic carbocycles. The van der Waals surface area contributed by atoms with Gasteiger partial charge in [0.15, 0.2) is 0 Å². The van der Waals surface area contributed by atoms with Gasteiger partial charge in [-0.25, -0.2) is 0 Å². The van der Waals surface area contributed by atoms with Crippen molar-refractivity contribution in [3.05, 3.63) is 55.9 Å². The minimum absolute atomic E-state index is 1.02. The van der Waals surface area contributed by atoms with Crippen LogP contribution < -0.4 is 0 Å². The molecule has 0 saturated carbocycles. The monoisotopic (exact) mass is 278 g/mol. The molecule has 3 heteroatoms. The van der Waals surface area contributed by atoms with Crippen LogP contribution in [0, 0.1) is 13.8 Å². The van der Waals surface area contributed by atoms with Gasteiger partial charge >= 0.3 is 0 Å². The molecule has 2 aromatic rings. The van der Waals surface area contributed by atoms with E-state index in [0.29, 0.717) is 0 Å². The zero-order valence-electron chi connectivity index (χ0n) is 9.81. The Kier molecular flexibility index (Phi) is 4.26. The summed E-state index contributed by atoms with van der Waals surface area (Å²) in [5.41, 5.74) is 0. The topological polar surface area (TPSA) is 0 Å². The second kappa shape index (κ2) is 5.71. The van der Waals surface area contributed by atoms with E-state index in [1.54, 1.807) is 22.7 Å². The molecule has 0 bridgehead atoms. The molecule has 0 amide bonds. The van der Waals surface area contributed by atoms with Crippen molar-refractivity contribution in [3.63, 3.8) is 0 Å². The highest BCUT2D eigenvalue weighted by Crippen LogP contribution is 2.26. The zero-order valence-corrected chi connectivity index (χ0v) is 12.3. The second-order valence-electron chi connectivity index (χ2n) is 3.77. The van der Waals surface area contributed by atoms with E-state index >= 15 is 0 Å². The van der Waals surface area contributed by atoms with Crippen LogP contribution >= 0.6 is 35.3 Å². The molecule has 0 atom stereocenters. The molecule has 0 radical (unpaired) electrons. The van der Waals surface area contributed by atoms with E-state index in [9.17, 15) is 0 Å². The fraction of sp³-hybridized carbons (Fsp3) is 0.143. The maximum Gasteiger partial charge on any atom is 0.0406 e. The molecule has 0 nitrogen and oxygen atoms in total. The number of thiol groups is 1. The highest BCUT2D eigenvalue weighted by molar-refractivity contribution is 7.90. The first-order valence-corrected chi connectivity index (χ1v) is 7.44. The summed E-state index contributed by atoms with van der Waals surface area (Å²) < 4.78 is 0. The Morgan fingerprint density at radius 3 is 2.35 bits per heavy atom. The number of rotatable bonds is 3. The zero-order chi connectivity index (χ0) is 12.3. The normalized spacial score (nSPS) is 12.5. The third kappa shape index (κ3) is 3.60. The lowest BCUT2D eigenvalue weighted by Gasteiger charge is -1.91. The first-order valence-electron chi connectivity index (χ1n) is 5.36. The van der Waals surface area contributed by atoms with Gasteiger partial charge in [-0.1, -0.05) is 6.08 Å². The van der Waals surface area contributed by atoms with Crippen LogP contribution in [0.5, 0.6) is 0 Å². The van der Waals surface area contributed by atoms with Crippen LogP contribution in [0.4, 0.5) is 0 Å². The highest BCUT2D eigenvalue weighted by Gasteiger charge is 1.98. The predicted molar refractivity (Wildman–Crippen MR) is 84.1 cm³/mol. The van der Waals surface area contributed by atoms with Crippen LogP contribution in [0.1, 0.15) is 19.5 Å². The van der Waals surface area contributed by atoms with Gasteiger partial charge in [-0.15, -0.1) is 35.3 Å². The summed E-state index contributed by atoms with van der Waals surface area (Å²) in [6.07, 6.45) is 6.22. The molecule has 0 N–H and O–H groups in total. The first-order chi connectivity index (χ1) is 8.15. The molecule has 2 heterocycles. The number of thiophene rings is 2. The fourth-order valence-electron chi connectivity index (χ4n) is 1.43. The summed E-state index contributed by atoms with van der Waals surface area (Å²) >= 11 is 8.08. The Morgan fingerprint density at radius 1 is 1.06 bits per heavy atom. The molecule has 0 aliphatic rings. The van der Waals surface area contributed by atoms with Crippen LogP contribution in [0.2, 0.25) is 0 Å². The largest absolute Gasteiger partial charge is 0.142 e. The van der Waals surface area contributed by atoms with Gasteiger partial charge in [-0.3, -0.25) is 0 Å². The van der Waals surface area contributed by atoms with Gasteiger partial charge < -0.3 is 0 Å². The Morgan fingerprint density at radius 2 is 1.76 bits per heavy atom. The van der Waals surface area contributed by atoms with Crippen LogP contribution in [-0.2, 0) is 0 Å². The van der Waals surface area contributed by atoms with Gasteiger partial charge in [0, 0.05) is 24.4 Å². The molecule has 0 unspecified atom stereocenters. The summed E-state index contributed by atoms with van der Waals surface area (Å²) in [6.45, 7) is 4.23. The predicted octanol–water partition coefficient (Wildman–Crippen LogP) is 5.41. The third-order valence-electron chi connectivity index (χ3n) is 2.27. The first kappa shape index (κ1) is 12.7. The van der Waals surface area contributed by atoms with Gasteiger partial charge in [-0.05, 0) is 50.3 Å². The van der Waals surface area contributed by atoms with Crippen molar-refractivity contribution in [2.75, 3.05) is 0 Å². The van der Waals surface area contributed by atoms with Gasteiger partial charge in [0.1, 0.15) is 0 Å². The molecule has 2 aromatic heterocycles. The van der Waals surface area contributed by atoms with Crippen LogP contribution in [0.25, 0.3) is 11.0 Å². The average Bonchev–Trinajstić information content (AvgIpc) is 2.88. The van der Waals surface area contributed by atoms with Crippen molar-refractivity contribution in [1.29, 1.82) is 0 Å². The van der Waals surface area contributed by atoms with Gasteiger partial charge in [-0.2, -0.15) is 0 Å². The molecule has 0 saturated heterocycles. The van der Waals surface area contributed by atoms with Gasteiger partial charge in [0.2, 0.25) is 0 Å². The van der Waals surface area contributed by atoms with E-state index in [-0.39, 0.29) is 0 Å². The lowest BCUT2D eigenvalue weighted by Crippen LogP contribution is -1.65. The average molecular weight is 278 g/mol. The van der Waals surface area contributed by atoms with E-state index < -0.39 is 0 Å². The Balaban J connectivity index is 2.08. The van der Waals surface area contributed by atoms with Crippen LogP contribution in [0.15, 0.2) is 36.4 Å². The SMILES string of the molecule is Cc1ccc(/C=C/C=C(\S)c2ccc(C)s2)s1. The minimum atomic E-state index is 1.02. The fourth-order valence-corrected chi connectivity index (χ4v) is 3.31. The lowest BCUT2D eigenvalue weighted by molar-refractivity contribution is 1.64. The highest BCUT2D eigenvalue weighted by atomic mass is 32.1. The number of allylic oxidation sites excluding steroid dienone is 2. The molecule has 0 aliphatic carbocycles. The van der Waals surface area contributed by atoms with Crippen molar-refractivity contribution in [2.45, 2.75) is 13.8 Å². The summed E-state index contributed by atoms with van der Waals surface area (Å²) in [5.74, 6) is 0. The second-order valence-corrected chi connectivity index (χ2v) is 6.86. The molecule has 0 spiro atoms. The maximum absolute atomic E-state index is 4.51. The minimum Gasteiger partial charge on any atom is -0.142 e. The van der Waals surface area contributed by atoms with Crippen molar-refractivity contribution in [1.82, 2.24) is 0 Å². The van der Waals surface area contributed by atoms with E-state index in [1.165, 1.54) is 19.5 Å². The quantitative estimate of drug-likeness (QED) is 0.563. The Labute approximate surface area is 116 Å². The molecular weight excluding hydrogens is 264 g/mol. The summed E-state index contributed by atoms with van der Waals surface area (Å²) in [5, 5.41) is 0. The maximum atomic E-state index is 4.51. The van der Waals surface area contributed by atoms with Crippen molar-refractivity contribution < 1.29 is 0 Å². The Hall–Kier alpha value is -0.770. The Bertz CT molecular complexity index is 556. The standard InChI is InChI=1S/C14H14S3/c1-10-6-8-12(16-10)4-3-5-13(15)14-9-7-11(2)17-14/h3-9,15H,1-2H3/b4-3+,13-5-.